The van der Waals surface area contributed by atoms with E-state index in [1.807, 2.05) is 6.07 Å². The number of thiophene rings is 1. The SMILES string of the molecule is CCCNCCC(=O)Nc1sc2c(c1-c1nc3cnccc3s1)CCNC2. The molecule has 0 radical (unpaired) electrons. The molecule has 1 aliphatic heterocycles. The molecule has 3 N–H and O–H groups in total. The van der Waals surface area contributed by atoms with Crippen LogP contribution in [0.3, 0.4) is 0 Å². The lowest BCUT2D eigenvalue weighted by molar-refractivity contribution is -0.116. The minimum absolute atomic E-state index is 0.0502. The molecule has 0 spiro atoms. The molecule has 27 heavy (non-hydrogen) atoms. The number of thiazole rings is 1. The Morgan fingerprint density at radius 2 is 2.26 bits per heavy atom. The molecule has 0 bridgehead atoms. The van der Waals surface area contributed by atoms with Crippen molar-refractivity contribution in [3.63, 3.8) is 0 Å². The molecule has 0 unspecified atom stereocenters. The molecule has 142 valence electrons. The molecule has 4 rings (SSSR count). The van der Waals surface area contributed by atoms with Crippen molar-refractivity contribution in [3.8, 4) is 10.6 Å². The highest BCUT2D eigenvalue weighted by Crippen LogP contribution is 2.44. The summed E-state index contributed by atoms with van der Waals surface area (Å²) >= 11 is 3.34. The lowest BCUT2D eigenvalue weighted by Crippen LogP contribution is -2.22. The lowest BCUT2D eigenvalue weighted by Gasteiger charge is -2.13. The first kappa shape index (κ1) is 18.5. The average Bonchev–Trinajstić information content (AvgIpc) is 3.25. The number of hydrogen-bond acceptors (Lipinski definition) is 7. The standard InChI is InChI=1S/C19H23N5OS2/c1-2-6-20-9-5-16(25)24-19-17(12-3-7-22-11-15(12)27-19)18-23-13-10-21-8-4-14(13)26-18/h4,8,10,20,22H,2-3,5-7,9,11H2,1H3,(H,24,25). The van der Waals surface area contributed by atoms with E-state index in [0.717, 1.165) is 58.3 Å². The van der Waals surface area contributed by atoms with E-state index in [1.54, 1.807) is 35.1 Å². The van der Waals surface area contributed by atoms with Gasteiger partial charge < -0.3 is 16.0 Å². The normalized spacial score (nSPS) is 13.7. The molecule has 0 saturated carbocycles. The second-order valence-electron chi connectivity index (χ2n) is 6.55. The van der Waals surface area contributed by atoms with Crippen LogP contribution in [-0.4, -0.2) is 35.5 Å². The number of fused-ring (bicyclic) bond motifs is 2. The molecule has 8 heteroatoms. The predicted molar refractivity (Wildman–Crippen MR) is 113 cm³/mol. The van der Waals surface area contributed by atoms with Gasteiger partial charge in [-0.2, -0.15) is 0 Å². The molecule has 3 aromatic heterocycles. The number of pyridine rings is 1. The van der Waals surface area contributed by atoms with E-state index >= 15 is 0 Å². The smallest absolute Gasteiger partial charge is 0.226 e. The molecular weight excluding hydrogens is 378 g/mol. The zero-order valence-electron chi connectivity index (χ0n) is 15.3. The van der Waals surface area contributed by atoms with Crippen molar-refractivity contribution in [2.24, 2.45) is 0 Å². The van der Waals surface area contributed by atoms with E-state index in [-0.39, 0.29) is 5.91 Å². The summed E-state index contributed by atoms with van der Waals surface area (Å²) in [5, 5.41) is 11.7. The van der Waals surface area contributed by atoms with Gasteiger partial charge in [-0.05, 0) is 37.6 Å². The van der Waals surface area contributed by atoms with Crippen LogP contribution in [-0.2, 0) is 17.8 Å². The molecule has 0 saturated heterocycles. The number of carbonyl (C=O) groups excluding carboxylic acids is 1. The van der Waals surface area contributed by atoms with Gasteiger partial charge in [0.15, 0.2) is 0 Å². The predicted octanol–water partition coefficient (Wildman–Crippen LogP) is 3.39. The third-order valence-electron chi connectivity index (χ3n) is 4.54. The lowest BCUT2D eigenvalue weighted by atomic mass is 10.0. The van der Waals surface area contributed by atoms with Crippen LogP contribution < -0.4 is 16.0 Å². The van der Waals surface area contributed by atoms with Gasteiger partial charge in [-0.1, -0.05) is 6.92 Å². The quantitative estimate of drug-likeness (QED) is 0.529. The molecule has 0 aliphatic carbocycles. The van der Waals surface area contributed by atoms with Gasteiger partial charge in [-0.3, -0.25) is 9.78 Å². The van der Waals surface area contributed by atoms with Gasteiger partial charge in [0, 0.05) is 36.1 Å². The topological polar surface area (TPSA) is 78.9 Å². The van der Waals surface area contributed by atoms with Gasteiger partial charge >= 0.3 is 0 Å². The second-order valence-corrected chi connectivity index (χ2v) is 8.68. The van der Waals surface area contributed by atoms with E-state index in [9.17, 15) is 4.79 Å². The van der Waals surface area contributed by atoms with Crippen molar-refractivity contribution < 1.29 is 4.79 Å². The molecule has 0 atom stereocenters. The third kappa shape index (κ3) is 4.03. The summed E-state index contributed by atoms with van der Waals surface area (Å²) in [5.41, 5.74) is 3.34. The monoisotopic (exact) mass is 401 g/mol. The summed E-state index contributed by atoms with van der Waals surface area (Å²) in [6.07, 6.45) is 6.10. The van der Waals surface area contributed by atoms with Crippen molar-refractivity contribution in [2.75, 3.05) is 25.0 Å². The van der Waals surface area contributed by atoms with Crippen LogP contribution in [0.15, 0.2) is 18.5 Å². The van der Waals surface area contributed by atoms with E-state index in [1.165, 1.54) is 10.4 Å². The second kappa shape index (κ2) is 8.43. The van der Waals surface area contributed by atoms with E-state index in [4.69, 9.17) is 4.98 Å². The molecule has 4 heterocycles. The fourth-order valence-corrected chi connectivity index (χ4v) is 5.54. The molecular formula is C19H23N5OS2. The maximum Gasteiger partial charge on any atom is 0.226 e. The van der Waals surface area contributed by atoms with Crippen LogP contribution >= 0.6 is 22.7 Å². The van der Waals surface area contributed by atoms with Gasteiger partial charge in [0.1, 0.15) is 15.5 Å². The summed E-state index contributed by atoms with van der Waals surface area (Å²) in [4.78, 5) is 22.7. The van der Waals surface area contributed by atoms with Crippen molar-refractivity contribution in [3.05, 3.63) is 28.9 Å². The molecule has 1 amide bonds. The highest BCUT2D eigenvalue weighted by molar-refractivity contribution is 7.22. The highest BCUT2D eigenvalue weighted by atomic mass is 32.1. The van der Waals surface area contributed by atoms with Crippen LogP contribution in [0.4, 0.5) is 5.00 Å². The van der Waals surface area contributed by atoms with Crippen LogP contribution in [0.25, 0.3) is 20.8 Å². The van der Waals surface area contributed by atoms with Gasteiger partial charge in [0.25, 0.3) is 0 Å². The number of amides is 1. The fourth-order valence-electron chi connectivity index (χ4n) is 3.23. The average molecular weight is 402 g/mol. The Hall–Kier alpha value is -1.87. The Morgan fingerprint density at radius 3 is 3.11 bits per heavy atom. The molecule has 3 aromatic rings. The Bertz CT molecular complexity index is 916. The molecule has 6 nitrogen and oxygen atoms in total. The molecule has 1 aliphatic rings. The van der Waals surface area contributed by atoms with Crippen molar-refractivity contribution in [1.82, 2.24) is 20.6 Å². The third-order valence-corrected chi connectivity index (χ3v) is 6.74. The number of nitrogens with one attached hydrogen (secondary N) is 3. The molecule has 0 fully saturated rings. The zero-order valence-corrected chi connectivity index (χ0v) is 16.9. The van der Waals surface area contributed by atoms with Crippen molar-refractivity contribution >= 4 is 43.8 Å². The van der Waals surface area contributed by atoms with E-state index in [2.05, 4.69) is 27.9 Å². The maximum absolute atomic E-state index is 12.5. The minimum Gasteiger partial charge on any atom is -0.317 e. The Labute approximate surface area is 166 Å². The van der Waals surface area contributed by atoms with E-state index in [0.29, 0.717) is 13.0 Å². The van der Waals surface area contributed by atoms with Gasteiger partial charge in [0.2, 0.25) is 5.91 Å². The number of carbonyl (C=O) groups is 1. The summed E-state index contributed by atoms with van der Waals surface area (Å²) < 4.78 is 1.12. The first-order chi connectivity index (χ1) is 13.3. The zero-order chi connectivity index (χ0) is 18.6. The number of nitrogens with zero attached hydrogens (tertiary/aromatic N) is 2. The highest BCUT2D eigenvalue weighted by Gasteiger charge is 2.25. The Balaban J connectivity index is 1.63. The van der Waals surface area contributed by atoms with Crippen molar-refractivity contribution in [1.29, 1.82) is 0 Å². The van der Waals surface area contributed by atoms with Gasteiger partial charge in [-0.15, -0.1) is 22.7 Å². The summed E-state index contributed by atoms with van der Waals surface area (Å²) in [7, 11) is 0. The van der Waals surface area contributed by atoms with Crippen LogP contribution in [0.2, 0.25) is 0 Å². The van der Waals surface area contributed by atoms with Gasteiger partial charge in [-0.25, -0.2) is 4.98 Å². The maximum atomic E-state index is 12.5. The van der Waals surface area contributed by atoms with Crippen LogP contribution in [0.1, 0.15) is 30.2 Å². The molecule has 0 aromatic carbocycles. The first-order valence-corrected chi connectivity index (χ1v) is 11.0. The Kier molecular flexibility index (Phi) is 5.77. The first-order valence-electron chi connectivity index (χ1n) is 9.33. The van der Waals surface area contributed by atoms with Crippen LogP contribution in [0.5, 0.6) is 0 Å². The summed E-state index contributed by atoms with van der Waals surface area (Å²) in [6.45, 7) is 5.58. The van der Waals surface area contributed by atoms with Crippen molar-refractivity contribution in [2.45, 2.75) is 32.7 Å². The minimum atomic E-state index is 0.0502. The van der Waals surface area contributed by atoms with Crippen LogP contribution in [0, 0.1) is 0 Å². The number of aromatic nitrogens is 2. The number of rotatable bonds is 7. The summed E-state index contributed by atoms with van der Waals surface area (Å²) in [6, 6.07) is 1.99. The number of anilines is 1. The van der Waals surface area contributed by atoms with Gasteiger partial charge in [0.05, 0.1) is 10.9 Å². The number of hydrogen-bond donors (Lipinski definition) is 3. The largest absolute Gasteiger partial charge is 0.317 e. The fraction of sp³-hybridized carbons (Fsp3) is 0.421. The van der Waals surface area contributed by atoms with E-state index < -0.39 is 0 Å². The Morgan fingerprint density at radius 1 is 1.33 bits per heavy atom. The summed E-state index contributed by atoms with van der Waals surface area (Å²) in [5.74, 6) is 0.0502.